The molecule has 2 amide bonds. The van der Waals surface area contributed by atoms with Crippen LogP contribution in [0.4, 0.5) is 5.69 Å². The number of ether oxygens (including phenoxy) is 1. The number of nitrogens with zero attached hydrogens (tertiary/aromatic N) is 2. The van der Waals surface area contributed by atoms with Crippen LogP contribution in [-0.4, -0.2) is 31.7 Å². The van der Waals surface area contributed by atoms with Crippen LogP contribution in [0.2, 0.25) is 10.0 Å². The molecule has 27 heavy (non-hydrogen) atoms. The summed E-state index contributed by atoms with van der Waals surface area (Å²) in [6, 6.07) is 12.2. The van der Waals surface area contributed by atoms with Gasteiger partial charge in [-0.2, -0.15) is 5.10 Å². The molecule has 0 radical (unpaired) electrons. The molecule has 2 aromatic rings. The highest BCUT2D eigenvalue weighted by Crippen LogP contribution is 2.27. The zero-order valence-corrected chi connectivity index (χ0v) is 16.0. The monoisotopic (exact) mass is 405 g/mol. The third-order valence-corrected chi connectivity index (χ3v) is 4.95. The van der Waals surface area contributed by atoms with Crippen molar-refractivity contribution in [2.45, 2.75) is 6.42 Å². The van der Waals surface area contributed by atoms with Crippen LogP contribution in [0.15, 0.2) is 47.6 Å². The molecule has 0 saturated carbocycles. The van der Waals surface area contributed by atoms with Gasteiger partial charge in [0.15, 0.2) is 0 Å². The molecule has 1 atom stereocenters. The van der Waals surface area contributed by atoms with Crippen molar-refractivity contribution in [3.05, 3.63) is 58.1 Å². The largest absolute Gasteiger partial charge is 0.497 e. The normalized spacial score (nSPS) is 16.8. The standard InChI is InChI=1S/C19H17Cl2N3O3/c1-27-15-5-3-14(4-6-15)24-11-13(9-18(24)25)19(26)23-22-10-12-2-7-16(20)17(21)8-12/h2-8,10,13H,9,11H2,1H3,(H,23,26)/b22-10+. The van der Waals surface area contributed by atoms with E-state index < -0.39 is 5.92 Å². The highest BCUT2D eigenvalue weighted by molar-refractivity contribution is 6.42. The second kappa shape index (κ2) is 8.41. The van der Waals surface area contributed by atoms with E-state index in [9.17, 15) is 9.59 Å². The molecular weight excluding hydrogens is 389 g/mol. The zero-order valence-electron chi connectivity index (χ0n) is 14.5. The summed E-state index contributed by atoms with van der Waals surface area (Å²) in [5, 5.41) is 4.78. The third-order valence-electron chi connectivity index (χ3n) is 4.21. The van der Waals surface area contributed by atoms with E-state index in [4.69, 9.17) is 27.9 Å². The van der Waals surface area contributed by atoms with Gasteiger partial charge in [0.2, 0.25) is 11.8 Å². The van der Waals surface area contributed by atoms with Crippen LogP contribution in [-0.2, 0) is 9.59 Å². The summed E-state index contributed by atoms with van der Waals surface area (Å²) in [6.45, 7) is 0.305. The quantitative estimate of drug-likeness (QED) is 0.610. The Kier molecular flexibility index (Phi) is 5.98. The van der Waals surface area contributed by atoms with Gasteiger partial charge in [0, 0.05) is 18.7 Å². The number of hydrogen-bond donors (Lipinski definition) is 1. The van der Waals surface area contributed by atoms with Gasteiger partial charge in [-0.25, -0.2) is 5.43 Å². The first-order chi connectivity index (χ1) is 13.0. The minimum Gasteiger partial charge on any atom is -0.497 e. The Morgan fingerprint density at radius 3 is 2.63 bits per heavy atom. The highest BCUT2D eigenvalue weighted by Gasteiger charge is 2.35. The first-order valence-corrected chi connectivity index (χ1v) is 8.96. The van der Waals surface area contributed by atoms with Crippen LogP contribution in [0.3, 0.4) is 0 Å². The second-order valence-electron chi connectivity index (χ2n) is 6.01. The summed E-state index contributed by atoms with van der Waals surface area (Å²) in [7, 11) is 1.58. The zero-order chi connectivity index (χ0) is 19.4. The van der Waals surface area contributed by atoms with Crippen LogP contribution >= 0.6 is 23.2 Å². The molecule has 0 spiro atoms. The molecular formula is C19H17Cl2N3O3. The van der Waals surface area contributed by atoms with E-state index in [1.807, 2.05) is 0 Å². The van der Waals surface area contributed by atoms with Crippen LogP contribution in [0, 0.1) is 5.92 Å². The first kappa shape index (κ1) is 19.2. The average Bonchev–Trinajstić information content (AvgIpc) is 3.06. The Bertz CT molecular complexity index is 884. The summed E-state index contributed by atoms with van der Waals surface area (Å²) in [4.78, 5) is 26.2. The van der Waals surface area contributed by atoms with E-state index in [-0.39, 0.29) is 18.2 Å². The molecule has 1 aliphatic rings. The van der Waals surface area contributed by atoms with Gasteiger partial charge in [-0.15, -0.1) is 0 Å². The summed E-state index contributed by atoms with van der Waals surface area (Å²) in [6.07, 6.45) is 1.61. The molecule has 0 aliphatic carbocycles. The molecule has 1 aliphatic heterocycles. The molecule has 1 N–H and O–H groups in total. The summed E-state index contributed by atoms with van der Waals surface area (Å²) in [5.41, 5.74) is 3.91. The number of hydrazone groups is 1. The third kappa shape index (κ3) is 4.59. The topological polar surface area (TPSA) is 71.0 Å². The number of carbonyl (C=O) groups excluding carboxylic acids is 2. The summed E-state index contributed by atoms with van der Waals surface area (Å²) in [5.74, 6) is -0.175. The Labute approximate surface area is 166 Å². The van der Waals surface area contributed by atoms with Crippen molar-refractivity contribution in [1.82, 2.24) is 5.43 Å². The minimum atomic E-state index is -0.467. The number of nitrogens with one attached hydrogen (secondary N) is 1. The minimum absolute atomic E-state index is 0.103. The fourth-order valence-corrected chi connectivity index (χ4v) is 3.06. The smallest absolute Gasteiger partial charge is 0.245 e. The highest BCUT2D eigenvalue weighted by atomic mass is 35.5. The van der Waals surface area contributed by atoms with E-state index in [1.165, 1.54) is 6.21 Å². The molecule has 1 unspecified atom stereocenters. The van der Waals surface area contributed by atoms with Crippen molar-refractivity contribution in [3.8, 4) is 5.75 Å². The summed E-state index contributed by atoms with van der Waals surface area (Å²) >= 11 is 11.8. The van der Waals surface area contributed by atoms with Gasteiger partial charge in [-0.05, 0) is 42.0 Å². The van der Waals surface area contributed by atoms with Crippen molar-refractivity contribution < 1.29 is 14.3 Å². The molecule has 0 bridgehead atoms. The number of anilines is 1. The van der Waals surface area contributed by atoms with Gasteiger partial charge in [-0.1, -0.05) is 29.3 Å². The Morgan fingerprint density at radius 1 is 1.22 bits per heavy atom. The lowest BCUT2D eigenvalue weighted by Crippen LogP contribution is -2.30. The fraction of sp³-hybridized carbons (Fsp3) is 0.211. The maximum atomic E-state index is 12.3. The Morgan fingerprint density at radius 2 is 1.96 bits per heavy atom. The Hall–Kier alpha value is -2.57. The molecule has 3 rings (SSSR count). The van der Waals surface area contributed by atoms with Crippen LogP contribution < -0.4 is 15.1 Å². The van der Waals surface area contributed by atoms with E-state index >= 15 is 0 Å². The summed E-state index contributed by atoms with van der Waals surface area (Å²) < 4.78 is 5.11. The van der Waals surface area contributed by atoms with Crippen molar-refractivity contribution >= 4 is 46.9 Å². The fourth-order valence-electron chi connectivity index (χ4n) is 2.75. The van der Waals surface area contributed by atoms with Crippen molar-refractivity contribution in [2.75, 3.05) is 18.6 Å². The molecule has 1 fully saturated rings. The van der Waals surface area contributed by atoms with Crippen molar-refractivity contribution in [1.29, 1.82) is 0 Å². The lowest BCUT2D eigenvalue weighted by Gasteiger charge is -2.16. The van der Waals surface area contributed by atoms with Crippen molar-refractivity contribution in [2.24, 2.45) is 11.0 Å². The maximum Gasteiger partial charge on any atom is 0.245 e. The van der Waals surface area contributed by atoms with Gasteiger partial charge in [0.05, 0.1) is 29.3 Å². The van der Waals surface area contributed by atoms with E-state index in [0.717, 1.165) is 5.69 Å². The molecule has 1 heterocycles. The number of methoxy groups -OCH3 is 1. The maximum absolute atomic E-state index is 12.3. The Balaban J connectivity index is 1.59. The SMILES string of the molecule is COc1ccc(N2CC(C(=O)N/N=C/c3ccc(Cl)c(Cl)c3)CC2=O)cc1. The number of rotatable bonds is 5. The predicted molar refractivity (Wildman–Crippen MR) is 106 cm³/mol. The van der Waals surface area contributed by atoms with E-state index in [1.54, 1.807) is 54.5 Å². The molecule has 2 aromatic carbocycles. The number of benzene rings is 2. The van der Waals surface area contributed by atoms with Gasteiger partial charge in [-0.3, -0.25) is 9.59 Å². The van der Waals surface area contributed by atoms with Crippen molar-refractivity contribution in [3.63, 3.8) is 0 Å². The predicted octanol–water partition coefficient (Wildman–Crippen LogP) is 3.51. The molecule has 8 heteroatoms. The van der Waals surface area contributed by atoms with Crippen LogP contribution in [0.5, 0.6) is 5.75 Å². The molecule has 6 nitrogen and oxygen atoms in total. The second-order valence-corrected chi connectivity index (χ2v) is 6.83. The number of hydrogen-bond acceptors (Lipinski definition) is 4. The molecule has 0 aromatic heterocycles. The van der Waals surface area contributed by atoms with Gasteiger partial charge < -0.3 is 9.64 Å². The number of carbonyl (C=O) groups is 2. The van der Waals surface area contributed by atoms with E-state index in [0.29, 0.717) is 27.9 Å². The first-order valence-electron chi connectivity index (χ1n) is 8.20. The average molecular weight is 406 g/mol. The van der Waals surface area contributed by atoms with Crippen LogP contribution in [0.1, 0.15) is 12.0 Å². The van der Waals surface area contributed by atoms with Gasteiger partial charge in [0.1, 0.15) is 5.75 Å². The number of halogens is 2. The van der Waals surface area contributed by atoms with Gasteiger partial charge >= 0.3 is 0 Å². The van der Waals surface area contributed by atoms with Crippen LogP contribution in [0.25, 0.3) is 0 Å². The number of amides is 2. The lowest BCUT2D eigenvalue weighted by molar-refractivity contribution is -0.126. The molecule has 140 valence electrons. The molecule has 1 saturated heterocycles. The van der Waals surface area contributed by atoms with Gasteiger partial charge in [0.25, 0.3) is 0 Å². The van der Waals surface area contributed by atoms with E-state index in [2.05, 4.69) is 10.5 Å². The lowest BCUT2D eigenvalue weighted by atomic mass is 10.1.